The standard InChI is InChI=1S/C15H24BrN3O/c1-3-5-8-19(11-15(17)20)13-7-6-12(10-18-4-2)14(16)9-13/h6-7,9,18H,3-5,8,10-11H2,1-2H3,(H2,17,20). The highest BCUT2D eigenvalue weighted by Crippen LogP contribution is 2.24. The zero-order chi connectivity index (χ0) is 15.0. The highest BCUT2D eigenvalue weighted by Gasteiger charge is 2.10. The topological polar surface area (TPSA) is 58.4 Å². The van der Waals surface area contributed by atoms with Gasteiger partial charge in [0, 0.05) is 23.2 Å². The number of halogens is 1. The molecule has 0 aliphatic carbocycles. The first-order valence-electron chi connectivity index (χ1n) is 7.10. The van der Waals surface area contributed by atoms with Crippen molar-refractivity contribution in [1.82, 2.24) is 5.32 Å². The third-order valence-corrected chi connectivity index (χ3v) is 3.83. The van der Waals surface area contributed by atoms with Crippen LogP contribution in [-0.4, -0.2) is 25.5 Å². The summed E-state index contributed by atoms with van der Waals surface area (Å²) >= 11 is 3.60. The lowest BCUT2D eigenvalue weighted by Gasteiger charge is -2.24. The second kappa shape index (κ2) is 8.97. The first-order valence-corrected chi connectivity index (χ1v) is 7.90. The summed E-state index contributed by atoms with van der Waals surface area (Å²) < 4.78 is 1.06. The summed E-state index contributed by atoms with van der Waals surface area (Å²) in [4.78, 5) is 13.2. The molecule has 1 aromatic rings. The van der Waals surface area contributed by atoms with E-state index >= 15 is 0 Å². The van der Waals surface area contributed by atoms with E-state index in [1.165, 1.54) is 5.56 Å². The normalized spacial score (nSPS) is 10.6. The molecule has 1 rings (SSSR count). The number of unbranched alkanes of at least 4 members (excludes halogenated alkanes) is 1. The van der Waals surface area contributed by atoms with Gasteiger partial charge in [-0.25, -0.2) is 0 Å². The SMILES string of the molecule is CCCCN(CC(N)=O)c1ccc(CNCC)c(Br)c1. The highest BCUT2D eigenvalue weighted by molar-refractivity contribution is 9.10. The summed E-state index contributed by atoms with van der Waals surface area (Å²) in [5.74, 6) is -0.297. The molecule has 0 heterocycles. The van der Waals surface area contributed by atoms with E-state index in [-0.39, 0.29) is 12.5 Å². The molecule has 0 fully saturated rings. The van der Waals surface area contributed by atoms with Crippen molar-refractivity contribution < 1.29 is 4.79 Å². The zero-order valence-corrected chi connectivity index (χ0v) is 13.9. The summed E-state index contributed by atoms with van der Waals surface area (Å²) in [5, 5.41) is 3.30. The molecule has 0 radical (unpaired) electrons. The molecule has 20 heavy (non-hydrogen) atoms. The fourth-order valence-electron chi connectivity index (χ4n) is 1.97. The Kier molecular flexibility index (Phi) is 7.62. The van der Waals surface area contributed by atoms with Gasteiger partial charge in [0.1, 0.15) is 0 Å². The summed E-state index contributed by atoms with van der Waals surface area (Å²) in [6.07, 6.45) is 2.14. The van der Waals surface area contributed by atoms with Crippen LogP contribution >= 0.6 is 15.9 Å². The molecule has 0 spiro atoms. The minimum absolute atomic E-state index is 0.263. The van der Waals surface area contributed by atoms with Crippen LogP contribution in [0.15, 0.2) is 22.7 Å². The Morgan fingerprint density at radius 2 is 2.15 bits per heavy atom. The predicted molar refractivity (Wildman–Crippen MR) is 87.8 cm³/mol. The number of primary amides is 1. The lowest BCUT2D eigenvalue weighted by atomic mass is 10.1. The van der Waals surface area contributed by atoms with Crippen molar-refractivity contribution in [2.75, 3.05) is 24.5 Å². The van der Waals surface area contributed by atoms with Gasteiger partial charge in [-0.05, 0) is 30.7 Å². The van der Waals surface area contributed by atoms with Crippen LogP contribution in [0.5, 0.6) is 0 Å². The number of nitrogens with zero attached hydrogens (tertiary/aromatic N) is 1. The van der Waals surface area contributed by atoms with Gasteiger partial charge in [0.2, 0.25) is 5.91 Å². The molecule has 1 amide bonds. The number of benzene rings is 1. The first-order chi connectivity index (χ1) is 9.58. The molecule has 0 saturated heterocycles. The lowest BCUT2D eigenvalue weighted by Crippen LogP contribution is -2.34. The number of carbonyl (C=O) groups excluding carboxylic acids is 1. The molecule has 0 bridgehead atoms. The van der Waals surface area contributed by atoms with Crippen LogP contribution in [0.2, 0.25) is 0 Å². The van der Waals surface area contributed by atoms with Gasteiger partial charge in [0.05, 0.1) is 6.54 Å². The van der Waals surface area contributed by atoms with Crippen LogP contribution < -0.4 is 16.0 Å². The molecule has 1 aromatic carbocycles. The van der Waals surface area contributed by atoms with E-state index in [1.54, 1.807) is 0 Å². The van der Waals surface area contributed by atoms with Crippen LogP contribution in [0.25, 0.3) is 0 Å². The maximum Gasteiger partial charge on any atom is 0.236 e. The number of nitrogens with one attached hydrogen (secondary N) is 1. The van der Waals surface area contributed by atoms with Crippen LogP contribution in [-0.2, 0) is 11.3 Å². The van der Waals surface area contributed by atoms with Crippen molar-refractivity contribution in [3.63, 3.8) is 0 Å². The third-order valence-electron chi connectivity index (χ3n) is 3.10. The van der Waals surface area contributed by atoms with Crippen LogP contribution in [0, 0.1) is 0 Å². The van der Waals surface area contributed by atoms with Crippen molar-refractivity contribution in [3.05, 3.63) is 28.2 Å². The number of amides is 1. The molecule has 0 unspecified atom stereocenters. The van der Waals surface area contributed by atoms with Crippen LogP contribution in [0.4, 0.5) is 5.69 Å². The molecule has 0 aliphatic rings. The fourth-order valence-corrected chi connectivity index (χ4v) is 2.48. The maximum absolute atomic E-state index is 11.2. The molecular weight excluding hydrogens is 318 g/mol. The van der Waals surface area contributed by atoms with E-state index in [4.69, 9.17) is 5.73 Å². The van der Waals surface area contributed by atoms with Gasteiger partial charge in [-0.1, -0.05) is 42.3 Å². The molecule has 0 aromatic heterocycles. The first kappa shape index (κ1) is 17.0. The molecule has 5 heteroatoms. The third kappa shape index (κ3) is 5.51. The van der Waals surface area contributed by atoms with Gasteiger partial charge in [0.25, 0.3) is 0 Å². The molecule has 3 N–H and O–H groups in total. The van der Waals surface area contributed by atoms with Gasteiger partial charge in [-0.3, -0.25) is 4.79 Å². The van der Waals surface area contributed by atoms with Crippen LogP contribution in [0.1, 0.15) is 32.3 Å². The Morgan fingerprint density at radius 3 is 2.70 bits per heavy atom. The van der Waals surface area contributed by atoms with Gasteiger partial charge in [-0.15, -0.1) is 0 Å². The Hall–Kier alpha value is -1.07. The number of anilines is 1. The number of nitrogens with two attached hydrogens (primary N) is 1. The van der Waals surface area contributed by atoms with Gasteiger partial charge in [0.15, 0.2) is 0 Å². The van der Waals surface area contributed by atoms with E-state index in [2.05, 4.69) is 53.3 Å². The quantitative estimate of drug-likeness (QED) is 0.725. The highest BCUT2D eigenvalue weighted by atomic mass is 79.9. The second-order valence-corrected chi connectivity index (χ2v) is 5.65. The lowest BCUT2D eigenvalue weighted by molar-refractivity contribution is -0.116. The summed E-state index contributed by atoms with van der Waals surface area (Å²) in [6, 6.07) is 6.20. The fraction of sp³-hybridized carbons (Fsp3) is 0.533. The minimum atomic E-state index is -0.297. The number of carbonyl (C=O) groups is 1. The molecule has 0 atom stereocenters. The largest absolute Gasteiger partial charge is 0.368 e. The average molecular weight is 342 g/mol. The average Bonchev–Trinajstić information content (AvgIpc) is 2.41. The molecule has 112 valence electrons. The molecule has 0 saturated carbocycles. The maximum atomic E-state index is 11.2. The smallest absolute Gasteiger partial charge is 0.236 e. The molecule has 0 aliphatic heterocycles. The van der Waals surface area contributed by atoms with E-state index in [9.17, 15) is 4.79 Å². The number of hydrogen-bond acceptors (Lipinski definition) is 3. The molecule has 4 nitrogen and oxygen atoms in total. The summed E-state index contributed by atoms with van der Waals surface area (Å²) in [6.45, 7) is 7.11. The van der Waals surface area contributed by atoms with Crippen molar-refractivity contribution in [2.24, 2.45) is 5.73 Å². The zero-order valence-electron chi connectivity index (χ0n) is 12.3. The van der Waals surface area contributed by atoms with Crippen molar-refractivity contribution in [1.29, 1.82) is 0 Å². The van der Waals surface area contributed by atoms with E-state index < -0.39 is 0 Å². The van der Waals surface area contributed by atoms with Crippen molar-refractivity contribution in [2.45, 2.75) is 33.2 Å². The van der Waals surface area contributed by atoms with Gasteiger partial charge >= 0.3 is 0 Å². The Bertz CT molecular complexity index is 437. The van der Waals surface area contributed by atoms with E-state index in [1.807, 2.05) is 4.90 Å². The Morgan fingerprint density at radius 1 is 1.40 bits per heavy atom. The van der Waals surface area contributed by atoms with Crippen LogP contribution in [0.3, 0.4) is 0 Å². The Balaban J connectivity index is 2.84. The minimum Gasteiger partial charge on any atom is -0.368 e. The molecular formula is C15H24BrN3O. The Labute approximate surface area is 129 Å². The van der Waals surface area contributed by atoms with Gasteiger partial charge in [-0.2, -0.15) is 0 Å². The number of rotatable bonds is 9. The predicted octanol–water partition coefficient (Wildman–Crippen LogP) is 2.65. The van der Waals surface area contributed by atoms with Crippen molar-refractivity contribution >= 4 is 27.5 Å². The van der Waals surface area contributed by atoms with Gasteiger partial charge < -0.3 is 16.0 Å². The second-order valence-electron chi connectivity index (χ2n) is 4.80. The monoisotopic (exact) mass is 341 g/mol. The summed E-state index contributed by atoms with van der Waals surface area (Å²) in [5.41, 5.74) is 7.58. The van der Waals surface area contributed by atoms with E-state index in [0.717, 1.165) is 42.6 Å². The van der Waals surface area contributed by atoms with E-state index in [0.29, 0.717) is 0 Å². The summed E-state index contributed by atoms with van der Waals surface area (Å²) in [7, 11) is 0. The van der Waals surface area contributed by atoms with Crippen molar-refractivity contribution in [3.8, 4) is 0 Å². The number of hydrogen-bond donors (Lipinski definition) is 2.